The van der Waals surface area contributed by atoms with Gasteiger partial charge >= 0.3 is 12.0 Å². The van der Waals surface area contributed by atoms with Gasteiger partial charge in [0, 0.05) is 6.54 Å². The van der Waals surface area contributed by atoms with Crippen LogP contribution in [0.1, 0.15) is 32.3 Å². The maximum atomic E-state index is 12.8. The molecule has 156 valence electrons. The van der Waals surface area contributed by atoms with Crippen LogP contribution in [0.4, 0.5) is 4.79 Å². The molecule has 1 aromatic rings. The third-order valence-electron chi connectivity index (χ3n) is 5.27. The Hall–Kier alpha value is -2.94. The Labute approximate surface area is 169 Å². The molecule has 0 spiro atoms. The lowest BCUT2D eigenvalue weighted by atomic mass is 9.92. The fraction of sp³-hybridized carbons (Fsp3) is 0.500. The van der Waals surface area contributed by atoms with Gasteiger partial charge in [0.25, 0.3) is 11.8 Å². The second-order valence-electron chi connectivity index (χ2n) is 7.42. The van der Waals surface area contributed by atoms with Crippen molar-refractivity contribution in [1.29, 1.82) is 0 Å². The number of nitrogens with zero attached hydrogens (tertiary/aromatic N) is 2. The molecule has 29 heavy (non-hydrogen) atoms. The lowest BCUT2D eigenvalue weighted by Gasteiger charge is -2.31. The van der Waals surface area contributed by atoms with E-state index in [1.165, 1.54) is 0 Å². The number of benzene rings is 1. The quantitative estimate of drug-likeness (QED) is 0.537. The third-order valence-corrected chi connectivity index (χ3v) is 5.27. The molecule has 9 nitrogen and oxygen atoms in total. The van der Waals surface area contributed by atoms with E-state index in [1.54, 1.807) is 38.1 Å². The highest BCUT2D eigenvalue weighted by Gasteiger charge is 2.50. The zero-order valence-electron chi connectivity index (χ0n) is 16.6. The number of urea groups is 1. The third kappa shape index (κ3) is 4.40. The number of imide groups is 1. The number of hydrazine groups is 1. The molecule has 0 aromatic heterocycles. The van der Waals surface area contributed by atoms with E-state index in [0.29, 0.717) is 25.3 Å². The minimum absolute atomic E-state index is 0.0188. The maximum Gasteiger partial charge on any atom is 0.344 e. The number of hydrogen-bond donors (Lipinski definition) is 2. The first-order valence-electron chi connectivity index (χ1n) is 9.76. The summed E-state index contributed by atoms with van der Waals surface area (Å²) in [5, 5.41) is 3.36. The van der Waals surface area contributed by atoms with E-state index in [-0.39, 0.29) is 18.4 Å². The predicted octanol–water partition coefficient (Wildman–Crippen LogP) is 0.760. The van der Waals surface area contributed by atoms with Gasteiger partial charge < -0.3 is 10.1 Å². The molecule has 3 rings (SSSR count). The van der Waals surface area contributed by atoms with Crippen LogP contribution in [0.25, 0.3) is 0 Å². The molecule has 1 aromatic carbocycles. The summed E-state index contributed by atoms with van der Waals surface area (Å²) in [7, 11) is 0. The number of nitrogens with one attached hydrogen (secondary N) is 2. The van der Waals surface area contributed by atoms with Crippen LogP contribution < -0.4 is 10.7 Å². The first-order chi connectivity index (χ1) is 13.8. The molecule has 9 heteroatoms. The molecular formula is C20H26N4O5. The van der Waals surface area contributed by atoms with Crippen molar-refractivity contribution in [1.82, 2.24) is 20.7 Å². The number of amides is 4. The van der Waals surface area contributed by atoms with Crippen molar-refractivity contribution in [3.63, 3.8) is 0 Å². The predicted molar refractivity (Wildman–Crippen MR) is 103 cm³/mol. The lowest BCUT2D eigenvalue weighted by molar-refractivity contribution is -0.150. The van der Waals surface area contributed by atoms with Crippen LogP contribution in [0.2, 0.25) is 0 Å². The van der Waals surface area contributed by atoms with Crippen LogP contribution in [0, 0.1) is 5.92 Å². The second kappa shape index (κ2) is 8.60. The van der Waals surface area contributed by atoms with Crippen LogP contribution in [-0.2, 0) is 24.7 Å². The summed E-state index contributed by atoms with van der Waals surface area (Å²) >= 11 is 0. The Kier molecular flexibility index (Phi) is 6.17. The molecule has 2 fully saturated rings. The van der Waals surface area contributed by atoms with Gasteiger partial charge in [-0.2, -0.15) is 5.01 Å². The van der Waals surface area contributed by atoms with E-state index >= 15 is 0 Å². The van der Waals surface area contributed by atoms with Gasteiger partial charge in [-0.1, -0.05) is 30.3 Å². The molecular weight excluding hydrogens is 376 g/mol. The monoisotopic (exact) mass is 402 g/mol. The van der Waals surface area contributed by atoms with E-state index in [4.69, 9.17) is 4.74 Å². The van der Waals surface area contributed by atoms with Crippen LogP contribution in [0.15, 0.2) is 30.3 Å². The van der Waals surface area contributed by atoms with Gasteiger partial charge in [-0.25, -0.2) is 4.79 Å². The molecule has 2 saturated heterocycles. The molecule has 2 N–H and O–H groups in total. The van der Waals surface area contributed by atoms with Crippen LogP contribution >= 0.6 is 0 Å². The van der Waals surface area contributed by atoms with Crippen molar-refractivity contribution in [2.75, 3.05) is 26.2 Å². The zero-order chi connectivity index (χ0) is 21.0. The highest BCUT2D eigenvalue weighted by Crippen LogP contribution is 2.27. The molecule has 2 aliphatic heterocycles. The van der Waals surface area contributed by atoms with E-state index < -0.39 is 23.4 Å². The second-order valence-corrected chi connectivity index (χ2v) is 7.42. The molecule has 2 atom stereocenters. The molecule has 0 bridgehead atoms. The highest BCUT2D eigenvalue weighted by atomic mass is 16.5. The zero-order valence-corrected chi connectivity index (χ0v) is 16.6. The van der Waals surface area contributed by atoms with E-state index in [2.05, 4.69) is 10.7 Å². The van der Waals surface area contributed by atoms with Gasteiger partial charge in [0.05, 0.1) is 19.1 Å². The van der Waals surface area contributed by atoms with Gasteiger partial charge in [-0.05, 0) is 38.8 Å². The van der Waals surface area contributed by atoms with Crippen LogP contribution in [0.5, 0.6) is 0 Å². The van der Waals surface area contributed by atoms with Gasteiger partial charge in [0.15, 0.2) is 0 Å². The Balaban J connectivity index is 1.60. The van der Waals surface area contributed by atoms with Gasteiger partial charge in [-0.15, -0.1) is 0 Å². The number of rotatable bonds is 6. The van der Waals surface area contributed by atoms with E-state index in [0.717, 1.165) is 17.9 Å². The van der Waals surface area contributed by atoms with E-state index in [1.807, 2.05) is 11.0 Å². The normalized spacial score (nSPS) is 24.9. The molecule has 0 aliphatic carbocycles. The first kappa shape index (κ1) is 20.8. The molecule has 2 heterocycles. The Morgan fingerprint density at radius 1 is 1.28 bits per heavy atom. The van der Waals surface area contributed by atoms with Crippen molar-refractivity contribution in [2.24, 2.45) is 5.92 Å². The van der Waals surface area contributed by atoms with Crippen LogP contribution in [-0.4, -0.2) is 60.0 Å². The number of carbonyl (C=O) groups is 4. The van der Waals surface area contributed by atoms with Gasteiger partial charge in [0.1, 0.15) is 5.54 Å². The summed E-state index contributed by atoms with van der Waals surface area (Å²) in [6.07, 6.45) is 1.49. The largest absolute Gasteiger partial charge is 0.466 e. The number of hydrogen-bond acceptors (Lipinski definition) is 6. The summed E-state index contributed by atoms with van der Waals surface area (Å²) in [5.41, 5.74) is 1.78. The van der Waals surface area contributed by atoms with Crippen molar-refractivity contribution < 1.29 is 23.9 Å². The smallest absolute Gasteiger partial charge is 0.344 e. The van der Waals surface area contributed by atoms with Crippen molar-refractivity contribution in [3.05, 3.63) is 35.9 Å². The van der Waals surface area contributed by atoms with Crippen LogP contribution in [0.3, 0.4) is 0 Å². The molecule has 0 unspecified atom stereocenters. The molecule has 4 amide bonds. The molecule has 2 aliphatic rings. The summed E-state index contributed by atoms with van der Waals surface area (Å²) < 4.78 is 5.06. The summed E-state index contributed by atoms with van der Waals surface area (Å²) in [6.45, 7) is 4.73. The lowest BCUT2D eigenvalue weighted by Crippen LogP contribution is -2.52. The minimum atomic E-state index is -1.24. The maximum absolute atomic E-state index is 12.8. The number of piperidine rings is 1. The number of esters is 1. The van der Waals surface area contributed by atoms with Gasteiger partial charge in [0.2, 0.25) is 0 Å². The summed E-state index contributed by atoms with van der Waals surface area (Å²) in [5.74, 6) is -1.57. The Morgan fingerprint density at radius 2 is 2.00 bits per heavy atom. The molecule has 0 saturated carbocycles. The average Bonchev–Trinajstić information content (AvgIpc) is 2.93. The first-order valence-corrected chi connectivity index (χ1v) is 9.76. The summed E-state index contributed by atoms with van der Waals surface area (Å²) in [6, 6.07) is 8.17. The average molecular weight is 402 g/mol. The number of likely N-dealkylation sites (tertiary alicyclic amines) is 1. The standard InChI is InChI=1S/C20H26N4O5/c1-3-29-17(26)14-8-7-11-23(12-14)13-16(25)22-24-18(27)20(2,21-19(24)28)15-9-5-4-6-10-15/h4-6,9-10,14H,3,7-8,11-13H2,1-2H3,(H,21,28)(H,22,25)/t14-,20+/m0/s1. The fourth-order valence-corrected chi connectivity index (χ4v) is 3.72. The SMILES string of the molecule is CCOC(=O)[C@H]1CCCN(CC(=O)NN2C(=O)N[C@](C)(c3ccccc3)C2=O)C1. The Bertz CT molecular complexity index is 799. The van der Waals surface area contributed by atoms with Gasteiger partial charge in [-0.3, -0.25) is 24.7 Å². The Morgan fingerprint density at radius 3 is 2.69 bits per heavy atom. The van der Waals surface area contributed by atoms with Crippen molar-refractivity contribution in [3.8, 4) is 0 Å². The molecule has 0 radical (unpaired) electrons. The van der Waals surface area contributed by atoms with Crippen molar-refractivity contribution in [2.45, 2.75) is 32.2 Å². The topological polar surface area (TPSA) is 108 Å². The van der Waals surface area contributed by atoms with E-state index in [9.17, 15) is 19.2 Å². The highest BCUT2D eigenvalue weighted by molar-refractivity contribution is 6.08. The fourth-order valence-electron chi connectivity index (χ4n) is 3.72. The number of ether oxygens (including phenoxy) is 1. The summed E-state index contributed by atoms with van der Waals surface area (Å²) in [4.78, 5) is 51.4. The number of carbonyl (C=O) groups excluding carboxylic acids is 4. The van der Waals surface area contributed by atoms with Crippen molar-refractivity contribution >= 4 is 23.8 Å². The minimum Gasteiger partial charge on any atom is -0.466 e.